The Morgan fingerprint density at radius 3 is 2.33 bits per heavy atom. The molecule has 1 rings (SSSR count). The fraction of sp³-hybridized carbons (Fsp3) is 1.00. The lowest BCUT2D eigenvalue weighted by atomic mass is 10.1. The van der Waals surface area contributed by atoms with E-state index in [1.807, 2.05) is 0 Å². The van der Waals surface area contributed by atoms with Crippen LogP contribution >= 0.6 is 0 Å². The van der Waals surface area contributed by atoms with E-state index in [0.717, 1.165) is 0 Å². The summed E-state index contributed by atoms with van der Waals surface area (Å²) in [5, 5.41) is 3.72. The summed E-state index contributed by atoms with van der Waals surface area (Å²) in [7, 11) is 0. The van der Waals surface area contributed by atoms with Gasteiger partial charge in [0.15, 0.2) is 0 Å². The van der Waals surface area contributed by atoms with Crippen molar-refractivity contribution in [3.05, 3.63) is 0 Å². The first-order chi connectivity index (χ1) is 7.38. The molecule has 1 N–H and O–H groups in total. The fourth-order valence-corrected chi connectivity index (χ4v) is 2.50. The average Bonchev–Trinajstić information content (AvgIpc) is 2.17. The first-order valence-electron chi connectivity index (χ1n) is 6.86. The van der Waals surface area contributed by atoms with Crippen LogP contribution in [-0.2, 0) is 0 Å². The van der Waals surface area contributed by atoms with E-state index in [0.29, 0.717) is 6.17 Å². The molecule has 2 heteroatoms. The molecule has 1 atom stereocenters. The maximum Gasteiger partial charge on any atom is 0.0597 e. The molecule has 0 saturated carbocycles. The summed E-state index contributed by atoms with van der Waals surface area (Å²) in [5.74, 6) is 0. The van der Waals surface area contributed by atoms with E-state index in [-0.39, 0.29) is 0 Å². The van der Waals surface area contributed by atoms with Crippen molar-refractivity contribution in [2.75, 3.05) is 19.6 Å². The van der Waals surface area contributed by atoms with E-state index in [1.165, 1.54) is 64.6 Å². The Balaban J connectivity index is 2.38. The van der Waals surface area contributed by atoms with Gasteiger partial charge in [0.05, 0.1) is 6.17 Å². The molecular formula is C13H28N2. The second-order valence-corrected chi connectivity index (χ2v) is 4.71. The highest BCUT2D eigenvalue weighted by Crippen LogP contribution is 2.13. The highest BCUT2D eigenvalue weighted by molar-refractivity contribution is 4.71. The highest BCUT2D eigenvalue weighted by Gasteiger charge is 2.16. The lowest BCUT2D eigenvalue weighted by molar-refractivity contribution is 0.147. The van der Waals surface area contributed by atoms with Crippen LogP contribution in [0.15, 0.2) is 0 Å². The molecule has 1 heterocycles. The van der Waals surface area contributed by atoms with Crippen molar-refractivity contribution < 1.29 is 0 Å². The standard InChI is InChI=1S/C13H28N2/c1-3-11-15(12-4-2)13-9-7-5-6-8-10-14-13/h13-14H,3-12H2,1-2H3. The summed E-state index contributed by atoms with van der Waals surface area (Å²) in [6.45, 7) is 8.29. The molecule has 0 amide bonds. The zero-order chi connectivity index (χ0) is 10.9. The summed E-state index contributed by atoms with van der Waals surface area (Å²) >= 11 is 0. The summed E-state index contributed by atoms with van der Waals surface area (Å²) in [6, 6.07) is 0. The van der Waals surface area contributed by atoms with Gasteiger partial charge < -0.3 is 5.32 Å². The first-order valence-corrected chi connectivity index (χ1v) is 6.86. The van der Waals surface area contributed by atoms with Crippen LogP contribution in [0.3, 0.4) is 0 Å². The molecule has 90 valence electrons. The monoisotopic (exact) mass is 212 g/mol. The van der Waals surface area contributed by atoms with Gasteiger partial charge in [-0.1, -0.05) is 33.1 Å². The van der Waals surface area contributed by atoms with E-state index < -0.39 is 0 Å². The van der Waals surface area contributed by atoms with Gasteiger partial charge in [0, 0.05) is 0 Å². The van der Waals surface area contributed by atoms with Gasteiger partial charge in [-0.2, -0.15) is 0 Å². The maximum absolute atomic E-state index is 3.72. The van der Waals surface area contributed by atoms with Gasteiger partial charge in [-0.3, -0.25) is 4.90 Å². The lowest BCUT2D eigenvalue weighted by Gasteiger charge is -2.33. The first kappa shape index (κ1) is 13.0. The third-order valence-corrected chi connectivity index (χ3v) is 3.25. The largest absolute Gasteiger partial charge is 0.302 e. The number of hydrogen-bond acceptors (Lipinski definition) is 2. The van der Waals surface area contributed by atoms with Crippen molar-refractivity contribution in [2.45, 2.75) is 65.0 Å². The molecule has 1 aliphatic heterocycles. The molecule has 0 aromatic heterocycles. The number of hydrogen-bond donors (Lipinski definition) is 1. The Hall–Kier alpha value is -0.0800. The number of rotatable bonds is 5. The lowest BCUT2D eigenvalue weighted by Crippen LogP contribution is -2.47. The van der Waals surface area contributed by atoms with Crippen LogP contribution in [0.2, 0.25) is 0 Å². The molecule has 0 radical (unpaired) electrons. The van der Waals surface area contributed by atoms with Crippen LogP contribution in [-0.4, -0.2) is 30.7 Å². The third kappa shape index (κ3) is 4.98. The maximum atomic E-state index is 3.72. The van der Waals surface area contributed by atoms with Crippen molar-refractivity contribution in [3.63, 3.8) is 0 Å². The Bertz CT molecular complexity index is 133. The van der Waals surface area contributed by atoms with Crippen molar-refractivity contribution in [1.29, 1.82) is 0 Å². The van der Waals surface area contributed by atoms with Gasteiger partial charge in [0.1, 0.15) is 0 Å². The van der Waals surface area contributed by atoms with Gasteiger partial charge in [-0.25, -0.2) is 0 Å². The second-order valence-electron chi connectivity index (χ2n) is 4.71. The average molecular weight is 212 g/mol. The predicted octanol–water partition coefficient (Wildman–Crippen LogP) is 2.99. The third-order valence-electron chi connectivity index (χ3n) is 3.25. The van der Waals surface area contributed by atoms with Gasteiger partial charge in [0.25, 0.3) is 0 Å². The van der Waals surface area contributed by atoms with Crippen molar-refractivity contribution in [2.24, 2.45) is 0 Å². The molecule has 1 fully saturated rings. The smallest absolute Gasteiger partial charge is 0.0597 e. The van der Waals surface area contributed by atoms with Crippen LogP contribution in [0.4, 0.5) is 0 Å². The van der Waals surface area contributed by atoms with E-state index in [2.05, 4.69) is 24.1 Å². The Morgan fingerprint density at radius 1 is 1.00 bits per heavy atom. The molecule has 2 nitrogen and oxygen atoms in total. The van der Waals surface area contributed by atoms with Crippen LogP contribution < -0.4 is 5.32 Å². The van der Waals surface area contributed by atoms with Crippen LogP contribution in [0.5, 0.6) is 0 Å². The Kier molecular flexibility index (Phi) is 7.03. The van der Waals surface area contributed by atoms with Gasteiger partial charge in [0.2, 0.25) is 0 Å². The Labute approximate surface area is 95.4 Å². The molecule has 0 aliphatic carbocycles. The minimum atomic E-state index is 0.658. The zero-order valence-corrected chi connectivity index (χ0v) is 10.6. The quantitative estimate of drug-likeness (QED) is 0.753. The topological polar surface area (TPSA) is 15.3 Å². The summed E-state index contributed by atoms with van der Waals surface area (Å²) in [4.78, 5) is 2.64. The predicted molar refractivity (Wildman–Crippen MR) is 67.0 cm³/mol. The van der Waals surface area contributed by atoms with E-state index in [1.54, 1.807) is 0 Å². The van der Waals surface area contributed by atoms with Crippen LogP contribution in [0, 0.1) is 0 Å². The highest BCUT2D eigenvalue weighted by atomic mass is 15.3. The van der Waals surface area contributed by atoms with Crippen LogP contribution in [0.25, 0.3) is 0 Å². The molecule has 1 saturated heterocycles. The molecule has 0 spiro atoms. The molecule has 0 aromatic carbocycles. The Morgan fingerprint density at radius 2 is 1.67 bits per heavy atom. The van der Waals surface area contributed by atoms with Crippen molar-refractivity contribution >= 4 is 0 Å². The SMILES string of the molecule is CCCN(CCC)C1CCCCCCN1. The molecule has 0 bridgehead atoms. The van der Waals surface area contributed by atoms with E-state index in [9.17, 15) is 0 Å². The number of nitrogens with zero attached hydrogens (tertiary/aromatic N) is 1. The van der Waals surface area contributed by atoms with E-state index >= 15 is 0 Å². The summed E-state index contributed by atoms with van der Waals surface area (Å²) in [6.07, 6.45) is 10.2. The molecular weight excluding hydrogens is 184 g/mol. The normalized spacial score (nSPS) is 23.8. The molecule has 1 aliphatic rings. The van der Waals surface area contributed by atoms with E-state index in [4.69, 9.17) is 0 Å². The summed E-state index contributed by atoms with van der Waals surface area (Å²) < 4.78 is 0. The van der Waals surface area contributed by atoms with Gasteiger partial charge in [-0.15, -0.1) is 0 Å². The van der Waals surface area contributed by atoms with Crippen molar-refractivity contribution in [1.82, 2.24) is 10.2 Å². The van der Waals surface area contributed by atoms with Crippen LogP contribution in [0.1, 0.15) is 58.8 Å². The second kappa shape index (κ2) is 8.12. The fourth-order valence-electron chi connectivity index (χ4n) is 2.50. The minimum absolute atomic E-state index is 0.658. The molecule has 0 aromatic rings. The van der Waals surface area contributed by atoms with Gasteiger partial charge in [-0.05, 0) is 45.3 Å². The minimum Gasteiger partial charge on any atom is -0.302 e. The van der Waals surface area contributed by atoms with Crippen molar-refractivity contribution in [3.8, 4) is 0 Å². The molecule has 15 heavy (non-hydrogen) atoms. The molecule has 1 unspecified atom stereocenters. The zero-order valence-electron chi connectivity index (χ0n) is 10.6. The number of nitrogens with one attached hydrogen (secondary N) is 1. The van der Waals surface area contributed by atoms with Gasteiger partial charge >= 0.3 is 0 Å². The summed E-state index contributed by atoms with van der Waals surface area (Å²) in [5.41, 5.74) is 0.